The van der Waals surface area contributed by atoms with E-state index in [0.717, 1.165) is 30.0 Å². The summed E-state index contributed by atoms with van der Waals surface area (Å²) in [4.78, 5) is 0. The van der Waals surface area contributed by atoms with Gasteiger partial charge < -0.3 is 14.5 Å². The van der Waals surface area contributed by atoms with Gasteiger partial charge in [0.1, 0.15) is 17.3 Å². The summed E-state index contributed by atoms with van der Waals surface area (Å²) in [7, 11) is 1.61. The standard InChI is InChI=1S/C16H20ClNO2/c1-4-9-18-11(2)14-7-8-15(20-14)12-5-6-13(17)16(10-12)19-3/h5-8,10-11,18H,4,9H2,1-3H3. The molecule has 1 heterocycles. The molecule has 1 N–H and O–H groups in total. The second-order valence-corrected chi connectivity index (χ2v) is 5.13. The first-order chi connectivity index (χ1) is 9.65. The Kier molecular flexibility index (Phi) is 5.10. The molecule has 0 aliphatic rings. The Bertz CT molecular complexity index is 565. The molecule has 20 heavy (non-hydrogen) atoms. The number of rotatable bonds is 6. The SMILES string of the molecule is CCCNC(C)c1ccc(-c2ccc(Cl)c(OC)c2)o1. The number of hydrogen-bond acceptors (Lipinski definition) is 3. The summed E-state index contributed by atoms with van der Waals surface area (Å²) in [6.07, 6.45) is 1.10. The van der Waals surface area contributed by atoms with Crippen LogP contribution < -0.4 is 10.1 Å². The Morgan fingerprint density at radius 2 is 2.10 bits per heavy atom. The van der Waals surface area contributed by atoms with Crippen molar-refractivity contribution >= 4 is 11.6 Å². The number of halogens is 1. The van der Waals surface area contributed by atoms with Crippen molar-refractivity contribution in [2.75, 3.05) is 13.7 Å². The molecular weight excluding hydrogens is 274 g/mol. The summed E-state index contributed by atoms with van der Waals surface area (Å²) >= 11 is 6.03. The molecule has 2 aromatic rings. The van der Waals surface area contributed by atoms with Crippen molar-refractivity contribution in [3.05, 3.63) is 41.1 Å². The molecule has 0 fully saturated rings. The van der Waals surface area contributed by atoms with Crippen LogP contribution in [0, 0.1) is 0 Å². The number of nitrogens with one attached hydrogen (secondary N) is 1. The van der Waals surface area contributed by atoms with Crippen LogP contribution in [-0.2, 0) is 0 Å². The fraction of sp³-hybridized carbons (Fsp3) is 0.375. The van der Waals surface area contributed by atoms with Gasteiger partial charge in [-0.25, -0.2) is 0 Å². The Labute approximate surface area is 124 Å². The van der Waals surface area contributed by atoms with Crippen LogP contribution in [0.4, 0.5) is 0 Å². The molecule has 0 bridgehead atoms. The van der Waals surface area contributed by atoms with E-state index in [1.54, 1.807) is 7.11 Å². The van der Waals surface area contributed by atoms with E-state index >= 15 is 0 Å². The van der Waals surface area contributed by atoms with Crippen LogP contribution in [0.5, 0.6) is 5.75 Å². The summed E-state index contributed by atoms with van der Waals surface area (Å²) in [6, 6.07) is 9.81. The number of benzene rings is 1. The first-order valence-electron chi connectivity index (χ1n) is 6.82. The molecule has 0 aliphatic carbocycles. The molecule has 108 valence electrons. The molecule has 1 unspecified atom stereocenters. The van der Waals surface area contributed by atoms with Crippen LogP contribution in [0.2, 0.25) is 5.02 Å². The zero-order valence-electron chi connectivity index (χ0n) is 12.1. The third kappa shape index (κ3) is 3.35. The highest BCUT2D eigenvalue weighted by molar-refractivity contribution is 6.32. The minimum Gasteiger partial charge on any atom is -0.495 e. The van der Waals surface area contributed by atoms with Crippen LogP contribution in [0.1, 0.15) is 32.1 Å². The monoisotopic (exact) mass is 293 g/mol. The third-order valence-electron chi connectivity index (χ3n) is 3.19. The second kappa shape index (κ2) is 6.82. The van der Waals surface area contributed by atoms with E-state index in [9.17, 15) is 0 Å². The van der Waals surface area contributed by atoms with Crippen LogP contribution in [-0.4, -0.2) is 13.7 Å². The van der Waals surface area contributed by atoms with Crippen LogP contribution in [0.3, 0.4) is 0 Å². The predicted molar refractivity (Wildman–Crippen MR) is 82.4 cm³/mol. The van der Waals surface area contributed by atoms with Crippen molar-refractivity contribution in [1.29, 1.82) is 0 Å². The highest BCUT2D eigenvalue weighted by Gasteiger charge is 2.12. The van der Waals surface area contributed by atoms with Crippen LogP contribution in [0.25, 0.3) is 11.3 Å². The zero-order valence-corrected chi connectivity index (χ0v) is 12.8. The maximum absolute atomic E-state index is 6.03. The molecule has 1 aromatic carbocycles. The van der Waals surface area contributed by atoms with Gasteiger partial charge in [0.2, 0.25) is 0 Å². The number of hydrogen-bond donors (Lipinski definition) is 1. The topological polar surface area (TPSA) is 34.4 Å². The van der Waals surface area contributed by atoms with Crippen molar-refractivity contribution in [1.82, 2.24) is 5.32 Å². The lowest BCUT2D eigenvalue weighted by atomic mass is 10.1. The minimum atomic E-state index is 0.206. The smallest absolute Gasteiger partial charge is 0.138 e. The second-order valence-electron chi connectivity index (χ2n) is 4.73. The molecule has 0 amide bonds. The van der Waals surface area contributed by atoms with Crippen molar-refractivity contribution in [2.24, 2.45) is 0 Å². The molecule has 0 aliphatic heterocycles. The molecule has 1 atom stereocenters. The Morgan fingerprint density at radius 1 is 1.30 bits per heavy atom. The Balaban J connectivity index is 2.20. The van der Waals surface area contributed by atoms with Gasteiger partial charge in [0.15, 0.2) is 0 Å². The fourth-order valence-electron chi connectivity index (χ4n) is 2.02. The van der Waals surface area contributed by atoms with Crippen LogP contribution in [0.15, 0.2) is 34.7 Å². The largest absolute Gasteiger partial charge is 0.495 e. The quantitative estimate of drug-likeness (QED) is 0.840. The normalized spacial score (nSPS) is 12.4. The van der Waals surface area contributed by atoms with E-state index in [4.69, 9.17) is 20.8 Å². The first-order valence-corrected chi connectivity index (χ1v) is 7.20. The highest BCUT2D eigenvalue weighted by Crippen LogP contribution is 2.32. The summed E-state index contributed by atoms with van der Waals surface area (Å²) < 4.78 is 11.1. The third-order valence-corrected chi connectivity index (χ3v) is 3.50. The van der Waals surface area contributed by atoms with Gasteiger partial charge in [0, 0.05) is 5.56 Å². The summed E-state index contributed by atoms with van der Waals surface area (Å²) in [6.45, 7) is 5.22. The maximum Gasteiger partial charge on any atom is 0.138 e. The zero-order chi connectivity index (χ0) is 14.5. The van der Waals surface area contributed by atoms with E-state index in [0.29, 0.717) is 10.8 Å². The number of ether oxygens (including phenoxy) is 1. The van der Waals surface area contributed by atoms with Crippen molar-refractivity contribution in [3.8, 4) is 17.1 Å². The highest BCUT2D eigenvalue weighted by atomic mass is 35.5. The first kappa shape index (κ1) is 14.9. The van der Waals surface area contributed by atoms with E-state index < -0.39 is 0 Å². The lowest BCUT2D eigenvalue weighted by Gasteiger charge is -2.10. The maximum atomic E-state index is 6.03. The fourth-order valence-corrected chi connectivity index (χ4v) is 2.21. The Hall–Kier alpha value is -1.45. The molecule has 2 rings (SSSR count). The number of methoxy groups -OCH3 is 1. The van der Waals surface area contributed by atoms with Gasteiger partial charge in [-0.15, -0.1) is 0 Å². The van der Waals surface area contributed by atoms with Crippen molar-refractivity contribution in [3.63, 3.8) is 0 Å². The van der Waals surface area contributed by atoms with Gasteiger partial charge in [0.05, 0.1) is 18.2 Å². The van der Waals surface area contributed by atoms with Gasteiger partial charge in [-0.05, 0) is 50.2 Å². The van der Waals surface area contributed by atoms with E-state index in [1.165, 1.54) is 0 Å². The molecular formula is C16H20ClNO2. The summed E-state index contributed by atoms with van der Waals surface area (Å²) in [5, 5.41) is 4.00. The van der Waals surface area contributed by atoms with Crippen molar-refractivity contribution < 1.29 is 9.15 Å². The Morgan fingerprint density at radius 3 is 2.80 bits per heavy atom. The molecule has 0 saturated heterocycles. The van der Waals surface area contributed by atoms with Crippen LogP contribution >= 0.6 is 11.6 Å². The molecule has 0 saturated carbocycles. The lowest BCUT2D eigenvalue weighted by Crippen LogP contribution is -2.18. The van der Waals surface area contributed by atoms with E-state index in [-0.39, 0.29) is 6.04 Å². The average Bonchev–Trinajstić information content (AvgIpc) is 2.95. The predicted octanol–water partition coefficient (Wildman–Crippen LogP) is 4.67. The van der Waals surface area contributed by atoms with Crippen molar-refractivity contribution in [2.45, 2.75) is 26.3 Å². The van der Waals surface area contributed by atoms with Gasteiger partial charge in [-0.3, -0.25) is 0 Å². The molecule has 0 spiro atoms. The summed E-state index contributed by atoms with van der Waals surface area (Å²) in [5.74, 6) is 2.40. The van der Waals surface area contributed by atoms with Gasteiger partial charge in [0.25, 0.3) is 0 Å². The summed E-state index contributed by atoms with van der Waals surface area (Å²) in [5.41, 5.74) is 0.959. The minimum absolute atomic E-state index is 0.206. The molecule has 3 nitrogen and oxygen atoms in total. The van der Waals surface area contributed by atoms with Gasteiger partial charge >= 0.3 is 0 Å². The number of furan rings is 1. The lowest BCUT2D eigenvalue weighted by molar-refractivity contribution is 0.414. The molecule has 0 radical (unpaired) electrons. The van der Waals surface area contributed by atoms with E-state index in [1.807, 2.05) is 30.3 Å². The molecule has 1 aromatic heterocycles. The average molecular weight is 294 g/mol. The van der Waals surface area contributed by atoms with Gasteiger partial charge in [-0.1, -0.05) is 18.5 Å². The van der Waals surface area contributed by atoms with Gasteiger partial charge in [-0.2, -0.15) is 0 Å². The molecule has 4 heteroatoms. The van der Waals surface area contributed by atoms with E-state index in [2.05, 4.69) is 19.2 Å².